The Bertz CT molecular complexity index is 603. The highest BCUT2D eigenvalue weighted by molar-refractivity contribution is 5.92. The molecule has 0 saturated carbocycles. The average Bonchev–Trinajstić information content (AvgIpc) is 2.36. The van der Waals surface area contributed by atoms with Crippen LogP contribution in [0.25, 0.3) is 0 Å². The molecule has 20 heavy (non-hydrogen) atoms. The van der Waals surface area contributed by atoms with Crippen LogP contribution < -0.4 is 15.8 Å². The Morgan fingerprint density at radius 1 is 1.15 bits per heavy atom. The summed E-state index contributed by atoms with van der Waals surface area (Å²) in [6.07, 6.45) is 0. The molecule has 0 saturated heterocycles. The van der Waals surface area contributed by atoms with Crippen molar-refractivity contribution in [1.29, 1.82) is 0 Å². The monoisotopic (exact) mass is 270 g/mol. The van der Waals surface area contributed by atoms with Gasteiger partial charge in [0, 0.05) is 5.69 Å². The molecule has 0 unspecified atom stereocenters. The molecule has 0 radical (unpaired) electrons. The largest absolute Gasteiger partial charge is 0.482 e. The van der Waals surface area contributed by atoms with Crippen LogP contribution in [0.15, 0.2) is 42.5 Å². The van der Waals surface area contributed by atoms with Crippen molar-refractivity contribution in [1.82, 2.24) is 0 Å². The zero-order chi connectivity index (χ0) is 14.5. The number of amides is 1. The van der Waals surface area contributed by atoms with Gasteiger partial charge in [0.05, 0.1) is 5.69 Å². The van der Waals surface area contributed by atoms with Gasteiger partial charge in [-0.25, -0.2) is 0 Å². The molecule has 0 heterocycles. The Morgan fingerprint density at radius 2 is 1.80 bits per heavy atom. The molecule has 0 aliphatic carbocycles. The van der Waals surface area contributed by atoms with Crippen molar-refractivity contribution in [3.8, 4) is 5.75 Å². The van der Waals surface area contributed by atoms with E-state index in [-0.39, 0.29) is 12.5 Å². The van der Waals surface area contributed by atoms with E-state index in [1.807, 2.05) is 38.1 Å². The molecule has 1 amide bonds. The number of nitrogen functional groups attached to an aromatic ring is 1. The summed E-state index contributed by atoms with van der Waals surface area (Å²) in [5, 5.41) is 2.81. The fourth-order valence-electron chi connectivity index (χ4n) is 2.00. The summed E-state index contributed by atoms with van der Waals surface area (Å²) in [7, 11) is 0. The Hall–Kier alpha value is -2.49. The number of carbonyl (C=O) groups is 1. The number of carbonyl (C=O) groups excluding carboxylic acids is 1. The van der Waals surface area contributed by atoms with E-state index in [4.69, 9.17) is 10.5 Å². The lowest BCUT2D eigenvalue weighted by molar-refractivity contribution is -0.118. The van der Waals surface area contributed by atoms with E-state index in [9.17, 15) is 4.79 Å². The Kier molecular flexibility index (Phi) is 4.25. The van der Waals surface area contributed by atoms with Gasteiger partial charge in [0.15, 0.2) is 6.61 Å². The Morgan fingerprint density at radius 3 is 2.45 bits per heavy atom. The van der Waals surface area contributed by atoms with Crippen LogP contribution in [0, 0.1) is 13.8 Å². The maximum Gasteiger partial charge on any atom is 0.262 e. The van der Waals surface area contributed by atoms with Crippen molar-refractivity contribution in [2.24, 2.45) is 0 Å². The van der Waals surface area contributed by atoms with Crippen molar-refractivity contribution in [2.45, 2.75) is 13.8 Å². The average molecular weight is 270 g/mol. The molecule has 0 spiro atoms. The highest BCUT2D eigenvalue weighted by atomic mass is 16.5. The summed E-state index contributed by atoms with van der Waals surface area (Å²) in [5.41, 5.74) is 9.25. The van der Waals surface area contributed by atoms with Crippen LogP contribution in [0.2, 0.25) is 0 Å². The second-order valence-electron chi connectivity index (χ2n) is 4.75. The lowest BCUT2D eigenvalue weighted by Gasteiger charge is -2.10. The number of para-hydroxylation sites is 2. The molecule has 3 N–H and O–H groups in total. The predicted octanol–water partition coefficient (Wildman–Crippen LogP) is 2.90. The van der Waals surface area contributed by atoms with Gasteiger partial charge in [-0.2, -0.15) is 0 Å². The number of nitrogens with two attached hydrogens (primary N) is 1. The molecule has 4 nitrogen and oxygen atoms in total. The van der Waals surface area contributed by atoms with Crippen LogP contribution in [0.5, 0.6) is 5.75 Å². The molecular formula is C16H18N2O2. The van der Waals surface area contributed by atoms with E-state index in [2.05, 4.69) is 11.4 Å². The number of rotatable bonds is 4. The van der Waals surface area contributed by atoms with Crippen molar-refractivity contribution in [2.75, 3.05) is 17.7 Å². The smallest absolute Gasteiger partial charge is 0.262 e. The highest BCUT2D eigenvalue weighted by Crippen LogP contribution is 2.19. The standard InChI is InChI=1S/C16H18N2O2/c1-11-7-12(2)9-13(8-11)18-16(19)10-20-15-6-4-3-5-14(15)17/h3-9H,10,17H2,1-2H3,(H,18,19). The van der Waals surface area contributed by atoms with E-state index in [0.717, 1.165) is 16.8 Å². The predicted molar refractivity (Wildman–Crippen MR) is 80.9 cm³/mol. The van der Waals surface area contributed by atoms with E-state index < -0.39 is 0 Å². The van der Waals surface area contributed by atoms with Crippen LogP contribution in [-0.2, 0) is 4.79 Å². The highest BCUT2D eigenvalue weighted by Gasteiger charge is 2.06. The van der Waals surface area contributed by atoms with Crippen LogP contribution in [0.1, 0.15) is 11.1 Å². The van der Waals surface area contributed by atoms with Crippen molar-refractivity contribution in [3.05, 3.63) is 53.6 Å². The molecule has 2 rings (SSSR count). The van der Waals surface area contributed by atoms with Gasteiger partial charge >= 0.3 is 0 Å². The second kappa shape index (κ2) is 6.10. The number of nitrogens with one attached hydrogen (secondary N) is 1. The number of benzene rings is 2. The van der Waals surface area contributed by atoms with Gasteiger partial charge in [-0.3, -0.25) is 4.79 Å². The van der Waals surface area contributed by atoms with Gasteiger partial charge in [-0.1, -0.05) is 18.2 Å². The molecular weight excluding hydrogens is 252 g/mol. The number of hydrogen-bond acceptors (Lipinski definition) is 3. The molecule has 0 aromatic heterocycles. The Balaban J connectivity index is 1.94. The molecule has 104 valence electrons. The van der Waals surface area contributed by atoms with Crippen molar-refractivity contribution in [3.63, 3.8) is 0 Å². The molecule has 0 aliphatic heterocycles. The summed E-state index contributed by atoms with van der Waals surface area (Å²) in [6, 6.07) is 13.0. The van der Waals surface area contributed by atoms with Crippen LogP contribution in [0.4, 0.5) is 11.4 Å². The van der Waals surface area contributed by atoms with Gasteiger partial charge in [0.25, 0.3) is 5.91 Å². The molecule has 2 aromatic rings. The van der Waals surface area contributed by atoms with Crippen molar-refractivity contribution >= 4 is 17.3 Å². The summed E-state index contributed by atoms with van der Waals surface area (Å²) < 4.78 is 5.39. The minimum Gasteiger partial charge on any atom is -0.482 e. The first-order chi connectivity index (χ1) is 9.54. The molecule has 0 bridgehead atoms. The minimum atomic E-state index is -0.210. The molecule has 0 aliphatic rings. The fraction of sp³-hybridized carbons (Fsp3) is 0.188. The number of hydrogen-bond donors (Lipinski definition) is 2. The lowest BCUT2D eigenvalue weighted by atomic mass is 10.1. The first-order valence-electron chi connectivity index (χ1n) is 6.40. The topological polar surface area (TPSA) is 64.3 Å². The maximum atomic E-state index is 11.8. The number of anilines is 2. The van der Waals surface area contributed by atoms with Gasteiger partial charge < -0.3 is 15.8 Å². The Labute approximate surface area is 118 Å². The summed E-state index contributed by atoms with van der Waals surface area (Å²) in [4.78, 5) is 11.8. The van der Waals surface area contributed by atoms with E-state index in [0.29, 0.717) is 11.4 Å². The zero-order valence-electron chi connectivity index (χ0n) is 11.6. The van der Waals surface area contributed by atoms with Crippen LogP contribution in [-0.4, -0.2) is 12.5 Å². The summed E-state index contributed by atoms with van der Waals surface area (Å²) >= 11 is 0. The third-order valence-electron chi connectivity index (χ3n) is 2.78. The maximum absolute atomic E-state index is 11.8. The third-order valence-corrected chi connectivity index (χ3v) is 2.78. The second-order valence-corrected chi connectivity index (χ2v) is 4.75. The third kappa shape index (κ3) is 3.75. The molecule has 0 fully saturated rings. The first-order valence-corrected chi connectivity index (χ1v) is 6.40. The first kappa shape index (κ1) is 13.9. The van der Waals surface area contributed by atoms with Gasteiger partial charge in [0.2, 0.25) is 0 Å². The van der Waals surface area contributed by atoms with Gasteiger partial charge in [0.1, 0.15) is 5.75 Å². The lowest BCUT2D eigenvalue weighted by Crippen LogP contribution is -2.20. The fourth-order valence-corrected chi connectivity index (χ4v) is 2.00. The summed E-state index contributed by atoms with van der Waals surface area (Å²) in [6.45, 7) is 3.91. The van der Waals surface area contributed by atoms with Gasteiger partial charge in [-0.15, -0.1) is 0 Å². The quantitative estimate of drug-likeness (QED) is 0.840. The van der Waals surface area contributed by atoms with E-state index in [1.165, 1.54) is 0 Å². The van der Waals surface area contributed by atoms with Crippen LogP contribution >= 0.6 is 0 Å². The normalized spacial score (nSPS) is 10.1. The molecule has 4 heteroatoms. The summed E-state index contributed by atoms with van der Waals surface area (Å²) in [5.74, 6) is 0.307. The zero-order valence-corrected chi connectivity index (χ0v) is 11.6. The molecule has 0 atom stereocenters. The molecule has 2 aromatic carbocycles. The van der Waals surface area contributed by atoms with E-state index >= 15 is 0 Å². The van der Waals surface area contributed by atoms with E-state index in [1.54, 1.807) is 12.1 Å². The van der Waals surface area contributed by atoms with Gasteiger partial charge in [-0.05, 0) is 49.2 Å². The van der Waals surface area contributed by atoms with Crippen molar-refractivity contribution < 1.29 is 9.53 Å². The van der Waals surface area contributed by atoms with Crippen LogP contribution in [0.3, 0.4) is 0 Å². The minimum absolute atomic E-state index is 0.0683. The number of ether oxygens (including phenoxy) is 1. The number of aryl methyl sites for hydroxylation is 2. The SMILES string of the molecule is Cc1cc(C)cc(NC(=O)COc2ccccc2N)c1.